The van der Waals surface area contributed by atoms with Crippen LogP contribution in [0, 0.1) is 0 Å². The summed E-state index contributed by atoms with van der Waals surface area (Å²) in [7, 11) is 0. The molecule has 1 aliphatic rings. The number of anilines is 1. The second-order valence-electron chi connectivity index (χ2n) is 2.85. The van der Waals surface area contributed by atoms with Gasteiger partial charge in [-0.15, -0.1) is 0 Å². The van der Waals surface area contributed by atoms with Crippen molar-refractivity contribution in [3.05, 3.63) is 29.3 Å². The van der Waals surface area contributed by atoms with Crippen LogP contribution in [0.3, 0.4) is 0 Å². The summed E-state index contributed by atoms with van der Waals surface area (Å²) in [5, 5.41) is 0.638. The molecule has 0 radical (unpaired) electrons. The van der Waals surface area contributed by atoms with Crippen molar-refractivity contribution in [1.82, 2.24) is 0 Å². The lowest BCUT2D eigenvalue weighted by Crippen LogP contribution is -2.29. The molecule has 0 aromatic heterocycles. The first-order chi connectivity index (χ1) is 7.09. The van der Waals surface area contributed by atoms with Gasteiger partial charge in [-0.2, -0.15) is 0 Å². The second kappa shape index (κ2) is 4.41. The third-order valence-corrected chi connectivity index (χ3v) is 4.35. The number of carbonyl (C=O) groups excluding carboxylic acids is 1. The van der Waals surface area contributed by atoms with Crippen LogP contribution in [0.5, 0.6) is 0 Å². The first-order valence-corrected chi connectivity index (χ1v) is 6.62. The molecule has 1 heterocycles. The molecule has 1 aliphatic heterocycles. The topological polar surface area (TPSA) is 20.3 Å². The standard InChI is InChI=1S/C9H5BrClNOS2/c10-7-8(13)12(9(14)15-7)6-3-1-5(11)2-4-6/h1-4,7H. The van der Waals surface area contributed by atoms with Gasteiger partial charge in [-0.05, 0) is 24.3 Å². The molecule has 6 heteroatoms. The molecule has 2 nitrogen and oxygen atoms in total. The van der Waals surface area contributed by atoms with Gasteiger partial charge in [-0.1, -0.05) is 51.5 Å². The molecule has 0 N–H and O–H groups in total. The molecule has 1 atom stereocenters. The largest absolute Gasteiger partial charge is 0.272 e. The van der Waals surface area contributed by atoms with Gasteiger partial charge in [0.1, 0.15) is 8.48 Å². The number of nitrogens with zero attached hydrogens (tertiary/aromatic N) is 1. The summed E-state index contributed by atoms with van der Waals surface area (Å²) in [6.45, 7) is 0. The fourth-order valence-electron chi connectivity index (χ4n) is 1.21. The number of halogens is 2. The first kappa shape index (κ1) is 11.4. The molecule has 1 saturated heterocycles. The van der Waals surface area contributed by atoms with Gasteiger partial charge in [0, 0.05) is 5.02 Å². The van der Waals surface area contributed by atoms with E-state index in [1.165, 1.54) is 16.7 Å². The summed E-state index contributed by atoms with van der Waals surface area (Å²) in [5.41, 5.74) is 0.754. The van der Waals surface area contributed by atoms with Crippen LogP contribution in [0.4, 0.5) is 5.69 Å². The lowest BCUT2D eigenvalue weighted by Gasteiger charge is -2.14. The fraction of sp³-hybridized carbons (Fsp3) is 0.111. The van der Waals surface area contributed by atoms with E-state index in [0.29, 0.717) is 9.34 Å². The van der Waals surface area contributed by atoms with Gasteiger partial charge in [0.2, 0.25) is 0 Å². The highest BCUT2D eigenvalue weighted by Gasteiger charge is 2.35. The zero-order valence-corrected chi connectivity index (χ0v) is 11.3. The van der Waals surface area contributed by atoms with Crippen LogP contribution in [0.1, 0.15) is 0 Å². The van der Waals surface area contributed by atoms with Crippen molar-refractivity contribution in [2.45, 2.75) is 4.16 Å². The van der Waals surface area contributed by atoms with Gasteiger partial charge >= 0.3 is 0 Å². The highest BCUT2D eigenvalue weighted by Crippen LogP contribution is 2.35. The van der Waals surface area contributed by atoms with Crippen molar-refractivity contribution < 1.29 is 4.79 Å². The van der Waals surface area contributed by atoms with Crippen LogP contribution in [-0.4, -0.2) is 14.4 Å². The Morgan fingerprint density at radius 1 is 1.40 bits per heavy atom. The molecule has 0 bridgehead atoms. The van der Waals surface area contributed by atoms with E-state index in [1.807, 2.05) is 0 Å². The third-order valence-electron chi connectivity index (χ3n) is 1.89. The van der Waals surface area contributed by atoms with Crippen LogP contribution < -0.4 is 4.90 Å². The van der Waals surface area contributed by atoms with E-state index in [0.717, 1.165) is 5.69 Å². The molecule has 0 spiro atoms. The Labute approximate surface area is 110 Å². The minimum absolute atomic E-state index is 0.0488. The summed E-state index contributed by atoms with van der Waals surface area (Å²) in [5.74, 6) is -0.0488. The molecule has 0 aliphatic carbocycles. The minimum atomic E-state index is -0.277. The Hall–Kier alpha value is -0.100. The maximum absolute atomic E-state index is 11.7. The average Bonchev–Trinajstić information content (AvgIpc) is 2.44. The van der Waals surface area contributed by atoms with E-state index in [9.17, 15) is 4.79 Å². The molecular weight excluding hydrogens is 318 g/mol. The van der Waals surface area contributed by atoms with Gasteiger partial charge in [0.15, 0.2) is 0 Å². The number of thiocarbonyl (C=S) groups is 1. The van der Waals surface area contributed by atoms with Crippen molar-refractivity contribution >= 4 is 67.4 Å². The summed E-state index contributed by atoms with van der Waals surface area (Å²) in [4.78, 5) is 13.2. The molecule has 15 heavy (non-hydrogen) atoms. The van der Waals surface area contributed by atoms with E-state index in [-0.39, 0.29) is 10.1 Å². The van der Waals surface area contributed by atoms with Crippen LogP contribution in [0.25, 0.3) is 0 Å². The Bertz CT molecular complexity index is 423. The van der Waals surface area contributed by atoms with Crippen LogP contribution >= 0.6 is 51.5 Å². The average molecular weight is 323 g/mol. The van der Waals surface area contributed by atoms with E-state index in [2.05, 4.69) is 15.9 Å². The van der Waals surface area contributed by atoms with Gasteiger partial charge in [-0.3, -0.25) is 9.69 Å². The van der Waals surface area contributed by atoms with Crippen LogP contribution in [0.2, 0.25) is 5.02 Å². The van der Waals surface area contributed by atoms with Gasteiger partial charge in [0.05, 0.1) is 5.69 Å². The summed E-state index contributed by atoms with van der Waals surface area (Å²) >= 11 is 15.5. The molecule has 2 rings (SSSR count). The molecule has 1 aromatic carbocycles. The third kappa shape index (κ3) is 2.20. The lowest BCUT2D eigenvalue weighted by atomic mass is 10.3. The molecule has 0 saturated carbocycles. The Kier molecular flexibility index (Phi) is 3.35. The number of hydrogen-bond donors (Lipinski definition) is 0. The summed E-state index contributed by atoms with van der Waals surface area (Å²) in [6.07, 6.45) is 0. The van der Waals surface area contributed by atoms with Crippen LogP contribution in [0.15, 0.2) is 24.3 Å². The van der Waals surface area contributed by atoms with Crippen molar-refractivity contribution in [2.75, 3.05) is 4.90 Å². The smallest absolute Gasteiger partial charge is 0.256 e. The minimum Gasteiger partial charge on any atom is -0.272 e. The molecule has 1 fully saturated rings. The molecule has 1 aromatic rings. The van der Waals surface area contributed by atoms with Gasteiger partial charge in [-0.25, -0.2) is 0 Å². The predicted octanol–water partition coefficient (Wildman–Crippen LogP) is 3.43. The maximum Gasteiger partial charge on any atom is 0.256 e. The van der Waals surface area contributed by atoms with Crippen LogP contribution in [-0.2, 0) is 4.79 Å². The lowest BCUT2D eigenvalue weighted by molar-refractivity contribution is -0.115. The SMILES string of the molecule is O=C1C(Br)SC(=S)N1c1ccc(Cl)cc1. The number of benzene rings is 1. The summed E-state index contributed by atoms with van der Waals surface area (Å²) < 4.78 is 0.282. The number of alkyl halides is 1. The Morgan fingerprint density at radius 3 is 2.47 bits per heavy atom. The number of thioether (sulfide) groups is 1. The number of rotatable bonds is 1. The zero-order valence-electron chi connectivity index (χ0n) is 7.31. The normalized spacial score (nSPS) is 21.2. The van der Waals surface area contributed by atoms with Crippen molar-refractivity contribution in [3.8, 4) is 0 Å². The predicted molar refractivity (Wildman–Crippen MR) is 71.8 cm³/mol. The van der Waals surface area contributed by atoms with Crippen molar-refractivity contribution in [3.63, 3.8) is 0 Å². The van der Waals surface area contributed by atoms with Crippen molar-refractivity contribution in [1.29, 1.82) is 0 Å². The van der Waals surface area contributed by atoms with E-state index >= 15 is 0 Å². The highest BCUT2D eigenvalue weighted by atomic mass is 79.9. The van der Waals surface area contributed by atoms with Gasteiger partial charge < -0.3 is 0 Å². The van der Waals surface area contributed by atoms with E-state index in [1.54, 1.807) is 24.3 Å². The number of hydrogen-bond acceptors (Lipinski definition) is 3. The van der Waals surface area contributed by atoms with E-state index in [4.69, 9.17) is 23.8 Å². The zero-order chi connectivity index (χ0) is 11.0. The quantitative estimate of drug-likeness (QED) is 0.583. The highest BCUT2D eigenvalue weighted by molar-refractivity contribution is 9.12. The number of amides is 1. The van der Waals surface area contributed by atoms with E-state index < -0.39 is 0 Å². The fourth-order valence-corrected chi connectivity index (χ4v) is 3.61. The Morgan fingerprint density at radius 2 is 2.00 bits per heavy atom. The molecule has 78 valence electrons. The molecule has 1 amide bonds. The second-order valence-corrected chi connectivity index (χ2v) is 6.55. The first-order valence-electron chi connectivity index (χ1n) is 4.04. The molecule has 1 unspecified atom stereocenters. The number of carbonyl (C=O) groups is 1. The van der Waals surface area contributed by atoms with Gasteiger partial charge in [0.25, 0.3) is 5.91 Å². The maximum atomic E-state index is 11.7. The molecular formula is C9H5BrClNOS2. The van der Waals surface area contributed by atoms with Crippen molar-refractivity contribution in [2.24, 2.45) is 0 Å². The monoisotopic (exact) mass is 321 g/mol. The summed E-state index contributed by atoms with van der Waals surface area (Å²) in [6, 6.07) is 7.02. The Balaban J connectivity index is 2.35.